The molecule has 3 atom stereocenters. The summed E-state index contributed by atoms with van der Waals surface area (Å²) in [4.78, 5) is 11.6. The maximum Gasteiger partial charge on any atom is 0.333 e. The smallest absolute Gasteiger partial charge is 0.333 e. The van der Waals surface area contributed by atoms with Crippen molar-refractivity contribution in [2.45, 2.75) is 58.4 Å². The molecular weight excluding hydrogens is 250 g/mol. The molecule has 114 valence electrons. The monoisotopic (exact) mass is 280 g/mol. The summed E-state index contributed by atoms with van der Waals surface area (Å²) >= 11 is 0. The van der Waals surface area contributed by atoms with Crippen molar-refractivity contribution in [1.82, 2.24) is 0 Å². The van der Waals surface area contributed by atoms with Gasteiger partial charge >= 0.3 is 5.97 Å². The Balaban J connectivity index is 2.01. The summed E-state index contributed by atoms with van der Waals surface area (Å²) in [5.74, 6) is 0.332. The molecule has 2 aliphatic rings. The third-order valence-corrected chi connectivity index (χ3v) is 5.23. The van der Waals surface area contributed by atoms with Gasteiger partial charge in [0.1, 0.15) is 6.61 Å². The Kier molecular flexibility index (Phi) is 5.25. The minimum atomic E-state index is -0.222. The van der Waals surface area contributed by atoms with E-state index in [1.54, 1.807) is 6.92 Å². The summed E-state index contributed by atoms with van der Waals surface area (Å²) in [6.45, 7) is 12.3. The van der Waals surface area contributed by atoms with Crippen LogP contribution in [0.1, 0.15) is 52.4 Å². The number of hydrogen-bond donors (Lipinski definition) is 0. The minimum absolute atomic E-state index is 0.222. The molecule has 0 aromatic rings. The molecule has 0 spiro atoms. The molecule has 2 saturated heterocycles. The van der Waals surface area contributed by atoms with Crippen molar-refractivity contribution in [2.24, 2.45) is 5.92 Å². The molecule has 1 unspecified atom stereocenters. The van der Waals surface area contributed by atoms with Gasteiger partial charge in [-0.15, -0.1) is 0 Å². The van der Waals surface area contributed by atoms with Gasteiger partial charge in [0, 0.05) is 17.9 Å². The Morgan fingerprint density at radius 1 is 1.25 bits per heavy atom. The van der Waals surface area contributed by atoms with Gasteiger partial charge in [-0.25, -0.2) is 4.79 Å². The van der Waals surface area contributed by atoms with Crippen LogP contribution in [0.2, 0.25) is 0 Å². The van der Waals surface area contributed by atoms with Gasteiger partial charge in [0.2, 0.25) is 0 Å². The maximum absolute atomic E-state index is 11.6. The second kappa shape index (κ2) is 6.75. The molecule has 2 aliphatic heterocycles. The van der Waals surface area contributed by atoms with Gasteiger partial charge in [-0.05, 0) is 39.0 Å². The molecule has 0 aliphatic carbocycles. The standard InChI is InChI=1S/C17H30NO2/c1-4-10-18-11-6-5-9-16(18)15(8-7-12-18)13-20-17(19)14(2)3/h15-16H,2,4-13H2,1,3H3/q+1/t15-,16+,18?/m0/s1. The number of ether oxygens (including phenoxy) is 1. The van der Waals surface area contributed by atoms with Crippen molar-refractivity contribution in [3.63, 3.8) is 0 Å². The average Bonchev–Trinajstić information content (AvgIpc) is 2.44. The molecule has 3 nitrogen and oxygen atoms in total. The number of carbonyl (C=O) groups is 1. The topological polar surface area (TPSA) is 26.3 Å². The maximum atomic E-state index is 11.6. The highest BCUT2D eigenvalue weighted by atomic mass is 16.5. The van der Waals surface area contributed by atoms with Crippen LogP contribution in [0.5, 0.6) is 0 Å². The Morgan fingerprint density at radius 3 is 2.70 bits per heavy atom. The first-order valence-electron chi connectivity index (χ1n) is 8.27. The van der Waals surface area contributed by atoms with Crippen molar-refractivity contribution >= 4 is 5.97 Å². The zero-order valence-corrected chi connectivity index (χ0v) is 13.2. The van der Waals surface area contributed by atoms with Crippen LogP contribution in [0, 0.1) is 5.92 Å². The van der Waals surface area contributed by atoms with E-state index in [1.807, 2.05) is 0 Å². The Labute approximate surface area is 123 Å². The van der Waals surface area contributed by atoms with Gasteiger partial charge in [-0.1, -0.05) is 13.5 Å². The molecule has 2 fully saturated rings. The fourth-order valence-corrected chi connectivity index (χ4v) is 4.38. The summed E-state index contributed by atoms with van der Waals surface area (Å²) in [6.07, 6.45) is 7.79. The first kappa shape index (κ1) is 15.6. The van der Waals surface area contributed by atoms with Crippen LogP contribution in [0.15, 0.2) is 12.2 Å². The second-order valence-electron chi connectivity index (χ2n) is 6.73. The Bertz CT molecular complexity index is 356. The number of carbonyl (C=O) groups excluding carboxylic acids is 1. The summed E-state index contributed by atoms with van der Waals surface area (Å²) in [5.41, 5.74) is 0.513. The van der Waals surface area contributed by atoms with E-state index in [9.17, 15) is 4.79 Å². The van der Waals surface area contributed by atoms with Crippen molar-refractivity contribution in [3.05, 3.63) is 12.2 Å². The van der Waals surface area contributed by atoms with Crippen LogP contribution in [-0.2, 0) is 9.53 Å². The van der Waals surface area contributed by atoms with Crippen molar-refractivity contribution in [1.29, 1.82) is 0 Å². The molecule has 0 bridgehead atoms. The van der Waals surface area contributed by atoms with Crippen molar-refractivity contribution in [3.8, 4) is 0 Å². The van der Waals surface area contributed by atoms with Gasteiger partial charge in [0.05, 0.1) is 25.7 Å². The van der Waals surface area contributed by atoms with E-state index in [4.69, 9.17) is 4.74 Å². The molecule has 3 heteroatoms. The summed E-state index contributed by atoms with van der Waals surface area (Å²) in [7, 11) is 0. The first-order valence-corrected chi connectivity index (χ1v) is 8.27. The molecule has 0 amide bonds. The van der Waals surface area contributed by atoms with E-state index in [0.29, 0.717) is 18.1 Å². The van der Waals surface area contributed by atoms with Gasteiger partial charge in [-0.3, -0.25) is 0 Å². The number of esters is 1. The summed E-state index contributed by atoms with van der Waals surface area (Å²) < 4.78 is 6.76. The molecule has 2 heterocycles. The van der Waals surface area contributed by atoms with E-state index >= 15 is 0 Å². The number of rotatable bonds is 5. The van der Waals surface area contributed by atoms with Crippen LogP contribution in [-0.4, -0.2) is 42.7 Å². The molecule has 0 aromatic carbocycles. The highest BCUT2D eigenvalue weighted by Gasteiger charge is 2.46. The highest BCUT2D eigenvalue weighted by molar-refractivity contribution is 5.86. The average molecular weight is 280 g/mol. The lowest BCUT2D eigenvalue weighted by Crippen LogP contribution is -2.64. The van der Waals surface area contributed by atoms with Crippen LogP contribution < -0.4 is 0 Å². The SMILES string of the molecule is C=C(C)C(=O)OC[C@@H]1CCC[N+]2(CCC)CCCC[C@H]12. The Hall–Kier alpha value is -0.830. The third-order valence-electron chi connectivity index (χ3n) is 5.23. The first-order chi connectivity index (χ1) is 9.59. The van der Waals surface area contributed by atoms with Crippen LogP contribution in [0.3, 0.4) is 0 Å². The number of quaternary nitrogens is 1. The lowest BCUT2D eigenvalue weighted by Gasteiger charge is -2.53. The van der Waals surface area contributed by atoms with Crippen LogP contribution >= 0.6 is 0 Å². The van der Waals surface area contributed by atoms with Crippen molar-refractivity contribution in [2.75, 3.05) is 26.2 Å². The largest absolute Gasteiger partial charge is 0.462 e. The van der Waals surface area contributed by atoms with E-state index in [2.05, 4.69) is 13.5 Å². The normalized spacial score (nSPS) is 33.3. The molecular formula is C17H30NO2+. The molecule has 0 aromatic heterocycles. The molecule has 2 rings (SSSR count). The predicted octanol–water partition coefficient (Wildman–Crippen LogP) is 3.30. The van der Waals surface area contributed by atoms with E-state index in [0.717, 1.165) is 6.04 Å². The molecule has 0 radical (unpaired) electrons. The van der Waals surface area contributed by atoms with Crippen LogP contribution in [0.4, 0.5) is 0 Å². The van der Waals surface area contributed by atoms with Crippen molar-refractivity contribution < 1.29 is 14.0 Å². The quantitative estimate of drug-likeness (QED) is 0.439. The minimum Gasteiger partial charge on any atom is -0.462 e. The third kappa shape index (κ3) is 3.25. The number of piperidine rings is 2. The predicted molar refractivity (Wildman–Crippen MR) is 81.3 cm³/mol. The zero-order chi connectivity index (χ0) is 14.6. The van der Waals surface area contributed by atoms with E-state index in [1.165, 1.54) is 62.6 Å². The van der Waals surface area contributed by atoms with Crippen LogP contribution in [0.25, 0.3) is 0 Å². The lowest BCUT2D eigenvalue weighted by molar-refractivity contribution is -0.964. The molecule has 0 saturated carbocycles. The van der Waals surface area contributed by atoms with E-state index < -0.39 is 0 Å². The highest BCUT2D eigenvalue weighted by Crippen LogP contribution is 2.38. The van der Waals surface area contributed by atoms with Gasteiger partial charge in [0.15, 0.2) is 0 Å². The molecule has 0 N–H and O–H groups in total. The van der Waals surface area contributed by atoms with Gasteiger partial charge in [-0.2, -0.15) is 0 Å². The number of fused-ring (bicyclic) bond motifs is 1. The van der Waals surface area contributed by atoms with Gasteiger partial charge in [0.25, 0.3) is 0 Å². The fourth-order valence-electron chi connectivity index (χ4n) is 4.38. The number of hydrogen-bond acceptors (Lipinski definition) is 2. The lowest BCUT2D eigenvalue weighted by atomic mass is 9.81. The fraction of sp³-hybridized carbons (Fsp3) is 0.824. The Morgan fingerprint density at radius 2 is 2.00 bits per heavy atom. The summed E-state index contributed by atoms with van der Waals surface area (Å²) in [6, 6.07) is 0.718. The zero-order valence-electron chi connectivity index (χ0n) is 13.2. The van der Waals surface area contributed by atoms with Gasteiger partial charge < -0.3 is 9.22 Å². The summed E-state index contributed by atoms with van der Waals surface area (Å²) in [5, 5.41) is 0. The molecule has 20 heavy (non-hydrogen) atoms. The van der Waals surface area contributed by atoms with E-state index in [-0.39, 0.29) is 5.97 Å². The number of nitrogens with zero attached hydrogens (tertiary/aromatic N) is 1. The second-order valence-corrected chi connectivity index (χ2v) is 6.73.